The van der Waals surface area contributed by atoms with E-state index in [-0.39, 0.29) is 23.4 Å². The Morgan fingerprint density at radius 2 is 1.81 bits per heavy atom. The molecular weight excluding hydrogens is 289 g/mol. The van der Waals surface area contributed by atoms with Crippen LogP contribution in [0, 0.1) is 5.82 Å². The van der Waals surface area contributed by atoms with E-state index in [2.05, 4.69) is 5.32 Å². The van der Waals surface area contributed by atoms with Gasteiger partial charge in [-0.05, 0) is 42.7 Å². The minimum atomic E-state index is -0.489. The van der Waals surface area contributed by atoms with Gasteiger partial charge < -0.3 is 5.32 Å². The molecule has 21 heavy (non-hydrogen) atoms. The molecule has 2 aromatic rings. The molecule has 0 heterocycles. The summed E-state index contributed by atoms with van der Waals surface area (Å²) >= 11 is 5.88. The highest BCUT2D eigenvalue weighted by Crippen LogP contribution is 2.37. The Hall–Kier alpha value is -1.87. The highest BCUT2D eigenvalue weighted by Gasteiger charge is 2.33. The molecule has 1 fully saturated rings. The summed E-state index contributed by atoms with van der Waals surface area (Å²) in [5, 5.41) is 3.62. The second-order valence-corrected chi connectivity index (χ2v) is 5.73. The Balaban J connectivity index is 1.70. The van der Waals surface area contributed by atoms with Crippen molar-refractivity contribution in [3.05, 3.63) is 70.5 Å². The molecule has 2 nitrogen and oxygen atoms in total. The van der Waals surface area contributed by atoms with E-state index >= 15 is 0 Å². The number of benzene rings is 2. The maximum atomic E-state index is 13.6. The number of hydrogen-bond donors (Lipinski definition) is 1. The second kappa shape index (κ2) is 5.86. The van der Waals surface area contributed by atoms with E-state index in [0.717, 1.165) is 18.4 Å². The van der Waals surface area contributed by atoms with Crippen molar-refractivity contribution in [2.24, 2.45) is 0 Å². The van der Waals surface area contributed by atoms with Gasteiger partial charge >= 0.3 is 0 Å². The van der Waals surface area contributed by atoms with E-state index in [1.165, 1.54) is 12.1 Å². The number of carbonyl (C=O) groups is 1. The molecule has 0 aliphatic heterocycles. The fraction of sp³-hybridized carbons (Fsp3) is 0.235. The van der Waals surface area contributed by atoms with Crippen LogP contribution in [0.1, 0.15) is 34.7 Å². The number of hydrogen-bond acceptors (Lipinski definition) is 1. The van der Waals surface area contributed by atoms with Gasteiger partial charge in [-0.25, -0.2) is 4.39 Å². The molecule has 1 aliphatic rings. The monoisotopic (exact) mass is 303 g/mol. The molecule has 0 radical (unpaired) electrons. The number of carbonyl (C=O) groups excluding carboxylic acids is 1. The van der Waals surface area contributed by atoms with Crippen molar-refractivity contribution in [1.29, 1.82) is 0 Å². The molecule has 1 amide bonds. The smallest absolute Gasteiger partial charge is 0.254 e. The average molecular weight is 304 g/mol. The van der Waals surface area contributed by atoms with Crippen molar-refractivity contribution in [3.63, 3.8) is 0 Å². The first kappa shape index (κ1) is 14.1. The first-order valence-electron chi connectivity index (χ1n) is 6.96. The zero-order valence-electron chi connectivity index (χ0n) is 11.4. The van der Waals surface area contributed by atoms with Gasteiger partial charge in [-0.15, -0.1) is 0 Å². The lowest BCUT2D eigenvalue weighted by molar-refractivity contribution is 0.0900. The fourth-order valence-electron chi connectivity index (χ4n) is 2.67. The highest BCUT2D eigenvalue weighted by molar-refractivity contribution is 6.30. The highest BCUT2D eigenvalue weighted by atomic mass is 35.5. The minimum absolute atomic E-state index is 0.0540. The molecule has 0 spiro atoms. The Bertz CT molecular complexity index is 656. The Kier molecular flexibility index (Phi) is 3.93. The molecule has 2 atom stereocenters. The van der Waals surface area contributed by atoms with Crippen LogP contribution in [0.2, 0.25) is 5.02 Å². The summed E-state index contributed by atoms with van der Waals surface area (Å²) < 4.78 is 13.6. The van der Waals surface area contributed by atoms with Gasteiger partial charge in [-0.1, -0.05) is 35.9 Å². The summed E-state index contributed by atoms with van der Waals surface area (Å²) in [6.45, 7) is 0. The number of nitrogens with one attached hydrogen (secondary N) is 1. The van der Waals surface area contributed by atoms with E-state index in [1.807, 2.05) is 24.3 Å². The number of halogens is 2. The first-order valence-corrected chi connectivity index (χ1v) is 7.34. The molecule has 0 bridgehead atoms. The second-order valence-electron chi connectivity index (χ2n) is 5.30. The Labute approximate surface area is 127 Å². The van der Waals surface area contributed by atoms with Gasteiger partial charge in [0.05, 0.1) is 5.56 Å². The van der Waals surface area contributed by atoms with Crippen molar-refractivity contribution in [2.75, 3.05) is 0 Å². The van der Waals surface area contributed by atoms with Crippen LogP contribution in [-0.4, -0.2) is 11.9 Å². The van der Waals surface area contributed by atoms with Gasteiger partial charge in [0.2, 0.25) is 0 Å². The van der Waals surface area contributed by atoms with Gasteiger partial charge in [0.15, 0.2) is 0 Å². The third-order valence-electron chi connectivity index (χ3n) is 4.01. The summed E-state index contributed by atoms with van der Waals surface area (Å²) in [6.07, 6.45) is 1.93. The van der Waals surface area contributed by atoms with E-state index in [1.54, 1.807) is 12.1 Å². The summed E-state index contributed by atoms with van der Waals surface area (Å²) in [4.78, 5) is 12.1. The third-order valence-corrected chi connectivity index (χ3v) is 4.26. The average Bonchev–Trinajstić information content (AvgIpc) is 2.46. The van der Waals surface area contributed by atoms with E-state index < -0.39 is 5.82 Å². The largest absolute Gasteiger partial charge is 0.349 e. The summed E-state index contributed by atoms with van der Waals surface area (Å²) in [5.41, 5.74) is 1.25. The molecule has 1 aliphatic carbocycles. The van der Waals surface area contributed by atoms with Gasteiger partial charge in [0.1, 0.15) is 5.82 Å². The molecule has 0 aromatic heterocycles. The summed E-state index contributed by atoms with van der Waals surface area (Å²) in [5.74, 6) is -0.563. The van der Waals surface area contributed by atoms with E-state index in [4.69, 9.17) is 11.6 Å². The van der Waals surface area contributed by atoms with Crippen molar-refractivity contribution in [1.82, 2.24) is 5.32 Å². The quantitative estimate of drug-likeness (QED) is 0.906. The topological polar surface area (TPSA) is 29.1 Å². The minimum Gasteiger partial charge on any atom is -0.349 e. The van der Waals surface area contributed by atoms with Gasteiger partial charge in [0.25, 0.3) is 5.91 Å². The first-order chi connectivity index (χ1) is 10.1. The van der Waals surface area contributed by atoms with Crippen LogP contribution in [0.4, 0.5) is 4.39 Å². The molecule has 0 unspecified atom stereocenters. The van der Waals surface area contributed by atoms with E-state index in [9.17, 15) is 9.18 Å². The normalized spacial score (nSPS) is 20.7. The predicted molar refractivity (Wildman–Crippen MR) is 81.1 cm³/mol. The van der Waals surface area contributed by atoms with Crippen molar-refractivity contribution in [2.45, 2.75) is 24.8 Å². The maximum Gasteiger partial charge on any atom is 0.254 e. The molecule has 0 saturated heterocycles. The summed E-state index contributed by atoms with van der Waals surface area (Å²) in [7, 11) is 0. The van der Waals surface area contributed by atoms with Crippen LogP contribution >= 0.6 is 11.6 Å². The fourth-order valence-corrected chi connectivity index (χ4v) is 2.80. The van der Waals surface area contributed by atoms with Crippen molar-refractivity contribution < 1.29 is 9.18 Å². The van der Waals surface area contributed by atoms with Gasteiger partial charge in [0, 0.05) is 17.0 Å². The van der Waals surface area contributed by atoms with Crippen LogP contribution in [0.25, 0.3) is 0 Å². The molecule has 2 aromatic carbocycles. The lowest BCUT2D eigenvalue weighted by Gasteiger charge is -2.37. The Morgan fingerprint density at radius 3 is 2.43 bits per heavy atom. The van der Waals surface area contributed by atoms with Crippen LogP contribution in [-0.2, 0) is 0 Å². The van der Waals surface area contributed by atoms with Crippen LogP contribution in [0.5, 0.6) is 0 Å². The van der Waals surface area contributed by atoms with Crippen LogP contribution in [0.15, 0.2) is 48.5 Å². The standard InChI is InChI=1S/C17H15ClFNO/c18-12-7-5-11(6-8-12)13-9-10-16(13)20-17(21)14-3-1-2-4-15(14)19/h1-8,13,16H,9-10H2,(H,20,21)/t13-,16-/m0/s1. The maximum absolute atomic E-state index is 13.6. The van der Waals surface area contributed by atoms with Gasteiger partial charge in [-0.2, -0.15) is 0 Å². The SMILES string of the molecule is O=C(N[C@H]1CC[C@H]1c1ccc(Cl)cc1)c1ccccc1F. The Morgan fingerprint density at radius 1 is 1.10 bits per heavy atom. The van der Waals surface area contributed by atoms with Crippen molar-refractivity contribution >= 4 is 17.5 Å². The number of rotatable bonds is 3. The van der Waals surface area contributed by atoms with E-state index in [0.29, 0.717) is 5.02 Å². The molecule has 3 rings (SSSR count). The molecule has 1 saturated carbocycles. The molecule has 4 heteroatoms. The van der Waals surface area contributed by atoms with Crippen molar-refractivity contribution in [3.8, 4) is 0 Å². The summed E-state index contributed by atoms with van der Waals surface area (Å²) in [6, 6.07) is 13.8. The zero-order valence-corrected chi connectivity index (χ0v) is 12.1. The predicted octanol–water partition coefficient (Wildman–Crippen LogP) is 4.16. The number of amides is 1. The molecular formula is C17H15ClFNO. The van der Waals surface area contributed by atoms with Crippen LogP contribution < -0.4 is 5.32 Å². The molecule has 108 valence electrons. The zero-order chi connectivity index (χ0) is 14.8. The van der Waals surface area contributed by atoms with Crippen LogP contribution in [0.3, 0.4) is 0 Å². The van der Waals surface area contributed by atoms with Gasteiger partial charge in [-0.3, -0.25) is 4.79 Å². The molecule has 1 N–H and O–H groups in total. The lowest BCUT2D eigenvalue weighted by Crippen LogP contribution is -2.45. The third kappa shape index (κ3) is 2.93. The lowest BCUT2D eigenvalue weighted by atomic mass is 9.75.